The van der Waals surface area contributed by atoms with Gasteiger partial charge in [-0.2, -0.15) is 0 Å². The van der Waals surface area contributed by atoms with Gasteiger partial charge in [-0.05, 0) is 22.6 Å². The number of hydrogen-bond acceptors (Lipinski definition) is 2. The maximum atomic E-state index is 12.6. The Balaban J connectivity index is 3.31. The zero-order valence-electron chi connectivity index (χ0n) is 4.74. The Bertz CT molecular complexity index is 243. The lowest BCUT2D eigenvalue weighted by molar-refractivity contribution is 0.619. The molecule has 54 valence electrons. The summed E-state index contributed by atoms with van der Waals surface area (Å²) in [5.74, 6) is -0.332. The van der Waals surface area contributed by atoms with Crippen molar-refractivity contribution in [3.05, 3.63) is 20.6 Å². The summed E-state index contributed by atoms with van der Waals surface area (Å²) in [6, 6.07) is 1.13. The van der Waals surface area contributed by atoms with Crippen LogP contribution in [0.1, 0.15) is 0 Å². The molecular weight excluding hydrogens is 269 g/mol. The number of anilines is 1. The number of hydrogen-bond donors (Lipinski definition) is 1. The lowest BCUT2D eigenvalue weighted by Crippen LogP contribution is -1.94. The predicted molar refractivity (Wildman–Crippen MR) is 46.3 cm³/mol. The van der Waals surface area contributed by atoms with Crippen LogP contribution in [0.2, 0.25) is 5.15 Å². The van der Waals surface area contributed by atoms with Gasteiger partial charge in [0.05, 0.1) is 3.57 Å². The molecule has 2 nitrogen and oxygen atoms in total. The van der Waals surface area contributed by atoms with Crippen LogP contribution in [0, 0.1) is 9.39 Å². The van der Waals surface area contributed by atoms with Crippen LogP contribution in [-0.2, 0) is 0 Å². The van der Waals surface area contributed by atoms with E-state index in [2.05, 4.69) is 4.98 Å². The molecule has 5 heteroatoms. The first-order valence-electron chi connectivity index (χ1n) is 2.38. The summed E-state index contributed by atoms with van der Waals surface area (Å²) < 4.78 is 12.9. The summed E-state index contributed by atoms with van der Waals surface area (Å²) in [5, 5.41) is 0.109. The van der Waals surface area contributed by atoms with Crippen molar-refractivity contribution in [2.24, 2.45) is 0 Å². The molecule has 0 spiro atoms. The van der Waals surface area contributed by atoms with E-state index in [0.29, 0.717) is 3.57 Å². The Morgan fingerprint density at radius 2 is 2.30 bits per heavy atom. The highest BCUT2D eigenvalue weighted by Gasteiger charge is 2.05. The number of halogens is 3. The molecule has 0 saturated heterocycles. The highest BCUT2D eigenvalue weighted by atomic mass is 127. The minimum absolute atomic E-state index is 0.0999. The van der Waals surface area contributed by atoms with E-state index in [1.54, 1.807) is 22.6 Å². The van der Waals surface area contributed by atoms with E-state index < -0.39 is 5.82 Å². The third-order valence-corrected chi connectivity index (χ3v) is 2.51. The molecule has 0 amide bonds. The van der Waals surface area contributed by atoms with E-state index in [1.807, 2.05) is 0 Å². The van der Waals surface area contributed by atoms with E-state index in [9.17, 15) is 4.39 Å². The van der Waals surface area contributed by atoms with Crippen molar-refractivity contribution < 1.29 is 4.39 Å². The van der Waals surface area contributed by atoms with Crippen LogP contribution in [-0.4, -0.2) is 4.98 Å². The molecule has 0 aromatic carbocycles. The summed E-state index contributed by atoms with van der Waals surface area (Å²) >= 11 is 7.24. The van der Waals surface area contributed by atoms with Gasteiger partial charge in [0.25, 0.3) is 0 Å². The number of aromatic nitrogens is 1. The van der Waals surface area contributed by atoms with Gasteiger partial charge in [-0.15, -0.1) is 0 Å². The second kappa shape index (κ2) is 2.87. The van der Waals surface area contributed by atoms with Crippen molar-refractivity contribution in [2.75, 3.05) is 5.73 Å². The highest BCUT2D eigenvalue weighted by Crippen LogP contribution is 2.20. The molecule has 2 N–H and O–H groups in total. The molecule has 0 aliphatic rings. The standard InChI is InChI=1S/C5H3ClFIN2/c6-5-4(8)2(7)1-3(9)10-5/h1H,(H2,9,10). The molecule has 1 heterocycles. The van der Waals surface area contributed by atoms with E-state index in [-0.39, 0.29) is 11.0 Å². The van der Waals surface area contributed by atoms with Crippen LogP contribution >= 0.6 is 34.2 Å². The summed E-state index contributed by atoms with van der Waals surface area (Å²) in [5.41, 5.74) is 5.19. The first-order valence-corrected chi connectivity index (χ1v) is 3.84. The Hall–Kier alpha value is -0.100. The lowest BCUT2D eigenvalue weighted by Gasteiger charge is -1.97. The predicted octanol–water partition coefficient (Wildman–Crippen LogP) is 2.06. The third kappa shape index (κ3) is 1.49. The molecule has 0 bridgehead atoms. The average Bonchev–Trinajstić information content (AvgIpc) is 1.82. The third-order valence-electron chi connectivity index (χ3n) is 0.893. The maximum Gasteiger partial charge on any atom is 0.147 e. The second-order valence-corrected chi connectivity index (χ2v) is 3.07. The van der Waals surface area contributed by atoms with Crippen LogP contribution < -0.4 is 5.73 Å². The first kappa shape index (κ1) is 8.00. The fourth-order valence-electron chi connectivity index (χ4n) is 0.486. The summed E-state index contributed by atoms with van der Waals surface area (Å²) in [6.45, 7) is 0. The van der Waals surface area contributed by atoms with Crippen molar-refractivity contribution in [1.29, 1.82) is 0 Å². The maximum absolute atomic E-state index is 12.6. The van der Waals surface area contributed by atoms with Crippen LogP contribution in [0.15, 0.2) is 6.07 Å². The second-order valence-electron chi connectivity index (χ2n) is 1.63. The number of nitrogen functional groups attached to an aromatic ring is 1. The molecule has 1 aromatic heterocycles. The van der Waals surface area contributed by atoms with Gasteiger partial charge in [0, 0.05) is 6.07 Å². The molecule has 0 radical (unpaired) electrons. The van der Waals surface area contributed by atoms with Crippen molar-refractivity contribution in [3.63, 3.8) is 0 Å². The number of nitrogens with zero attached hydrogens (tertiary/aromatic N) is 1. The van der Waals surface area contributed by atoms with Crippen molar-refractivity contribution >= 4 is 40.0 Å². The van der Waals surface area contributed by atoms with Gasteiger partial charge < -0.3 is 5.73 Å². The smallest absolute Gasteiger partial charge is 0.147 e. The molecule has 0 aliphatic heterocycles. The topological polar surface area (TPSA) is 38.9 Å². The van der Waals surface area contributed by atoms with Gasteiger partial charge in [-0.1, -0.05) is 11.6 Å². The van der Waals surface area contributed by atoms with Crippen molar-refractivity contribution in [3.8, 4) is 0 Å². The van der Waals surface area contributed by atoms with Crippen LogP contribution in [0.5, 0.6) is 0 Å². The summed E-state index contributed by atoms with van der Waals surface area (Å²) in [6.07, 6.45) is 0. The SMILES string of the molecule is Nc1cc(F)c(I)c(Cl)n1. The van der Waals surface area contributed by atoms with E-state index in [1.165, 1.54) is 0 Å². The molecule has 10 heavy (non-hydrogen) atoms. The number of nitrogens with two attached hydrogens (primary N) is 1. The average molecular weight is 272 g/mol. The highest BCUT2D eigenvalue weighted by molar-refractivity contribution is 14.1. The molecule has 0 atom stereocenters. The Labute approximate surface area is 75.7 Å². The summed E-state index contributed by atoms with van der Waals surface area (Å²) in [7, 11) is 0. The van der Waals surface area contributed by atoms with Gasteiger partial charge in [-0.3, -0.25) is 0 Å². The summed E-state index contributed by atoms with van der Waals surface area (Å²) in [4.78, 5) is 3.63. The monoisotopic (exact) mass is 272 g/mol. The van der Waals surface area contributed by atoms with Gasteiger partial charge in [-0.25, -0.2) is 9.37 Å². The zero-order chi connectivity index (χ0) is 7.72. The molecule has 0 aliphatic carbocycles. The number of rotatable bonds is 0. The van der Waals surface area contributed by atoms with E-state index in [4.69, 9.17) is 17.3 Å². The van der Waals surface area contributed by atoms with E-state index >= 15 is 0 Å². The van der Waals surface area contributed by atoms with Gasteiger partial charge >= 0.3 is 0 Å². The minimum atomic E-state index is -0.432. The van der Waals surface area contributed by atoms with Gasteiger partial charge in [0.15, 0.2) is 0 Å². The van der Waals surface area contributed by atoms with Crippen LogP contribution in [0.3, 0.4) is 0 Å². The van der Waals surface area contributed by atoms with Gasteiger partial charge in [0.2, 0.25) is 0 Å². The Kier molecular flexibility index (Phi) is 2.30. The lowest BCUT2D eigenvalue weighted by atomic mass is 10.4. The quantitative estimate of drug-likeness (QED) is 0.580. The fraction of sp³-hybridized carbons (Fsp3) is 0. The Morgan fingerprint density at radius 1 is 1.70 bits per heavy atom. The van der Waals surface area contributed by atoms with E-state index in [0.717, 1.165) is 6.07 Å². The van der Waals surface area contributed by atoms with Crippen LogP contribution in [0.25, 0.3) is 0 Å². The zero-order valence-corrected chi connectivity index (χ0v) is 7.65. The van der Waals surface area contributed by atoms with Crippen molar-refractivity contribution in [1.82, 2.24) is 4.98 Å². The molecule has 0 unspecified atom stereocenters. The minimum Gasteiger partial charge on any atom is -0.384 e. The molecule has 1 rings (SSSR count). The molecule has 0 fully saturated rings. The van der Waals surface area contributed by atoms with Crippen molar-refractivity contribution in [2.45, 2.75) is 0 Å². The molecular formula is C5H3ClFIN2. The normalized spacial score (nSPS) is 9.90. The molecule has 1 aromatic rings. The largest absolute Gasteiger partial charge is 0.384 e. The molecule has 0 saturated carbocycles. The fourth-order valence-corrected chi connectivity index (χ4v) is 0.951. The van der Waals surface area contributed by atoms with Gasteiger partial charge in [0.1, 0.15) is 16.8 Å². The Morgan fingerprint density at radius 3 is 2.80 bits per heavy atom. The number of pyridine rings is 1. The van der Waals surface area contributed by atoms with Crippen LogP contribution in [0.4, 0.5) is 10.2 Å². The first-order chi connectivity index (χ1) is 4.61.